The minimum Gasteiger partial charge on any atom is -0.490 e. The van der Waals surface area contributed by atoms with Gasteiger partial charge in [0.2, 0.25) is 0 Å². The minimum absolute atomic E-state index is 0.126. The molecule has 0 radical (unpaired) electrons. The smallest absolute Gasteiger partial charge is 0.338 e. The number of rotatable bonds is 0. The van der Waals surface area contributed by atoms with Gasteiger partial charge in [0.1, 0.15) is 37.9 Å². The number of esters is 2. The number of hydrogen-bond donors (Lipinski definition) is 0. The molecule has 6 rings (SSSR count). The van der Waals surface area contributed by atoms with Crippen molar-refractivity contribution in [3.8, 4) is 11.5 Å². The van der Waals surface area contributed by atoms with Crippen LogP contribution >= 0.6 is 0 Å². The SMILES string of the molecule is O=C1OCCOc2ccc(cc2)C(=O)OCCOc2ccc1cc2. The molecule has 0 fully saturated rings. The van der Waals surface area contributed by atoms with Crippen LogP contribution in [-0.4, -0.2) is 38.4 Å². The van der Waals surface area contributed by atoms with E-state index in [1.165, 1.54) is 0 Å². The number of ether oxygens (including phenoxy) is 4. The summed E-state index contributed by atoms with van der Waals surface area (Å²) in [5, 5.41) is 0. The van der Waals surface area contributed by atoms with Crippen molar-refractivity contribution >= 4 is 11.9 Å². The predicted octanol–water partition coefficient (Wildman–Crippen LogP) is 2.47. The van der Waals surface area contributed by atoms with Gasteiger partial charge >= 0.3 is 11.9 Å². The molecule has 0 aromatic heterocycles. The zero-order valence-corrected chi connectivity index (χ0v) is 12.9. The van der Waals surface area contributed by atoms with Crippen LogP contribution < -0.4 is 9.47 Å². The summed E-state index contributed by atoms with van der Waals surface area (Å²) in [4.78, 5) is 23.8. The molecule has 0 amide bonds. The van der Waals surface area contributed by atoms with Crippen LogP contribution in [0.25, 0.3) is 0 Å². The Bertz CT molecular complexity index is 642. The Balaban J connectivity index is 1.72. The highest BCUT2D eigenvalue weighted by atomic mass is 16.6. The Morgan fingerprint density at radius 3 is 1.21 bits per heavy atom. The molecule has 0 unspecified atom stereocenters. The summed E-state index contributed by atoms with van der Waals surface area (Å²) in [5.74, 6) is 0.318. The van der Waals surface area contributed by atoms with Crippen LogP contribution in [0.5, 0.6) is 11.5 Å². The van der Waals surface area contributed by atoms with Crippen molar-refractivity contribution in [2.45, 2.75) is 0 Å². The third kappa shape index (κ3) is 4.04. The Morgan fingerprint density at radius 2 is 0.833 bits per heavy atom. The van der Waals surface area contributed by atoms with Crippen LogP contribution in [0.15, 0.2) is 48.5 Å². The van der Waals surface area contributed by atoms with Gasteiger partial charge in [-0.05, 0) is 48.5 Å². The molecule has 2 aromatic carbocycles. The monoisotopic (exact) mass is 328 g/mol. The highest BCUT2D eigenvalue weighted by Gasteiger charge is 2.10. The van der Waals surface area contributed by atoms with Crippen molar-refractivity contribution in [3.05, 3.63) is 59.7 Å². The van der Waals surface area contributed by atoms with Crippen molar-refractivity contribution < 1.29 is 28.5 Å². The third-order valence-electron chi connectivity index (χ3n) is 3.35. The van der Waals surface area contributed by atoms with Gasteiger partial charge in [-0.2, -0.15) is 0 Å². The first kappa shape index (κ1) is 15.9. The summed E-state index contributed by atoms with van der Waals surface area (Å²) < 4.78 is 21.2. The van der Waals surface area contributed by atoms with Crippen LogP contribution in [-0.2, 0) is 9.47 Å². The Kier molecular flexibility index (Phi) is 4.96. The largest absolute Gasteiger partial charge is 0.490 e. The lowest BCUT2D eigenvalue weighted by Gasteiger charge is -2.11. The third-order valence-corrected chi connectivity index (χ3v) is 3.35. The maximum Gasteiger partial charge on any atom is 0.338 e. The summed E-state index contributed by atoms with van der Waals surface area (Å²) in [6.45, 7) is 0.690. The van der Waals surface area contributed by atoms with E-state index in [0.29, 0.717) is 22.6 Å². The predicted molar refractivity (Wildman–Crippen MR) is 84.4 cm³/mol. The van der Waals surface area contributed by atoms with Gasteiger partial charge in [-0.15, -0.1) is 0 Å². The van der Waals surface area contributed by atoms with E-state index in [1.807, 2.05) is 0 Å². The van der Waals surface area contributed by atoms with Gasteiger partial charge in [0.05, 0.1) is 11.1 Å². The topological polar surface area (TPSA) is 71.1 Å². The highest BCUT2D eigenvalue weighted by Crippen LogP contribution is 2.15. The summed E-state index contributed by atoms with van der Waals surface area (Å²) >= 11 is 0. The van der Waals surface area contributed by atoms with Gasteiger partial charge in [0, 0.05) is 0 Å². The fourth-order valence-electron chi connectivity index (χ4n) is 2.13. The van der Waals surface area contributed by atoms with Crippen molar-refractivity contribution in [2.24, 2.45) is 0 Å². The van der Waals surface area contributed by atoms with E-state index in [0.717, 1.165) is 0 Å². The van der Waals surface area contributed by atoms with E-state index in [-0.39, 0.29) is 26.4 Å². The molecule has 0 aliphatic carbocycles. The van der Waals surface area contributed by atoms with E-state index in [4.69, 9.17) is 18.9 Å². The average molecular weight is 328 g/mol. The molecule has 24 heavy (non-hydrogen) atoms. The molecule has 2 aromatic rings. The van der Waals surface area contributed by atoms with Crippen LogP contribution in [0.3, 0.4) is 0 Å². The van der Waals surface area contributed by atoms with E-state index < -0.39 is 11.9 Å². The number of hydrogen-bond acceptors (Lipinski definition) is 6. The van der Waals surface area contributed by atoms with E-state index in [9.17, 15) is 9.59 Å². The molecule has 0 spiro atoms. The maximum absolute atomic E-state index is 11.9. The summed E-state index contributed by atoms with van der Waals surface area (Å²) in [6.07, 6.45) is 0. The zero-order chi connectivity index (χ0) is 16.8. The molecule has 4 heterocycles. The van der Waals surface area contributed by atoms with Crippen molar-refractivity contribution in [2.75, 3.05) is 26.4 Å². The van der Waals surface area contributed by atoms with Gasteiger partial charge in [-0.3, -0.25) is 0 Å². The highest BCUT2D eigenvalue weighted by molar-refractivity contribution is 5.90. The van der Waals surface area contributed by atoms with Crippen molar-refractivity contribution in [1.29, 1.82) is 0 Å². The lowest BCUT2D eigenvalue weighted by atomic mass is 10.2. The van der Waals surface area contributed by atoms with Crippen LogP contribution in [0, 0.1) is 0 Å². The molecule has 124 valence electrons. The van der Waals surface area contributed by atoms with E-state index >= 15 is 0 Å². The molecule has 6 nitrogen and oxygen atoms in total. The molecule has 4 bridgehead atoms. The van der Waals surface area contributed by atoms with Crippen molar-refractivity contribution in [1.82, 2.24) is 0 Å². The second kappa shape index (κ2) is 7.50. The first-order valence-electron chi connectivity index (χ1n) is 7.52. The standard InChI is InChI=1S/C18H16O6/c19-17-13-1-5-15(6-2-13)21-9-12-24-18(20)14-3-7-16(8-4-14)22-10-11-23-17/h1-8H,9-12H2. The first-order chi connectivity index (χ1) is 11.7. The molecule has 6 heteroatoms. The fourth-order valence-corrected chi connectivity index (χ4v) is 2.13. The molecular weight excluding hydrogens is 312 g/mol. The number of benzene rings is 2. The maximum atomic E-state index is 11.9. The number of carbonyl (C=O) groups excluding carboxylic acids is 2. The fraction of sp³-hybridized carbons (Fsp3) is 0.222. The van der Waals surface area contributed by atoms with Gasteiger partial charge in [-0.25, -0.2) is 9.59 Å². The van der Waals surface area contributed by atoms with Crippen molar-refractivity contribution in [3.63, 3.8) is 0 Å². The molecule has 4 aliphatic heterocycles. The number of carbonyl (C=O) groups is 2. The molecule has 0 saturated carbocycles. The minimum atomic E-state index is -0.421. The lowest BCUT2D eigenvalue weighted by molar-refractivity contribution is 0.0436. The van der Waals surface area contributed by atoms with Gasteiger partial charge in [-0.1, -0.05) is 0 Å². The molecule has 0 saturated heterocycles. The summed E-state index contributed by atoms with van der Waals surface area (Å²) in [7, 11) is 0. The quantitative estimate of drug-likeness (QED) is 0.692. The zero-order valence-electron chi connectivity index (χ0n) is 12.9. The van der Waals surface area contributed by atoms with E-state index in [2.05, 4.69) is 0 Å². The normalized spacial score (nSPS) is 15.5. The Labute approximate surface area is 138 Å². The molecular formula is C18H16O6. The van der Waals surface area contributed by atoms with E-state index in [1.54, 1.807) is 48.5 Å². The van der Waals surface area contributed by atoms with Gasteiger partial charge in [0.25, 0.3) is 0 Å². The Hall–Kier alpha value is -3.02. The summed E-state index contributed by atoms with van der Waals surface area (Å²) in [5.41, 5.74) is 0.860. The second-order valence-corrected chi connectivity index (χ2v) is 5.02. The summed E-state index contributed by atoms with van der Waals surface area (Å²) in [6, 6.07) is 13.1. The van der Waals surface area contributed by atoms with Gasteiger partial charge < -0.3 is 18.9 Å². The molecule has 0 atom stereocenters. The molecule has 0 N–H and O–H groups in total. The average Bonchev–Trinajstić information content (AvgIpc) is 2.62. The van der Waals surface area contributed by atoms with Gasteiger partial charge in [0.15, 0.2) is 0 Å². The van der Waals surface area contributed by atoms with Crippen LogP contribution in [0.1, 0.15) is 20.7 Å². The second-order valence-electron chi connectivity index (χ2n) is 5.02. The first-order valence-corrected chi connectivity index (χ1v) is 7.52. The van der Waals surface area contributed by atoms with Crippen LogP contribution in [0.2, 0.25) is 0 Å². The van der Waals surface area contributed by atoms with Crippen LogP contribution in [0.4, 0.5) is 0 Å². The Morgan fingerprint density at radius 1 is 0.500 bits per heavy atom. The molecule has 4 aliphatic rings. The lowest BCUT2D eigenvalue weighted by Crippen LogP contribution is -2.14.